The Hall–Kier alpha value is -2.34. The Balaban J connectivity index is 1.56. The average molecular weight is 315 g/mol. The lowest BCUT2D eigenvalue weighted by Crippen LogP contribution is -2.35. The number of aromatic nitrogens is 1. The van der Waals surface area contributed by atoms with Crippen LogP contribution in [0.2, 0.25) is 0 Å². The van der Waals surface area contributed by atoms with E-state index in [9.17, 15) is 4.79 Å². The standard InChI is InChI=1S/C17H21N3O3/c1-13-9-15(18-23-13)12-20-7-3-5-14(11-20)10-19(2)17(21)16-6-4-8-22-16/h4-6,8-9H,3,7,10-12H2,1-2H3. The Morgan fingerprint density at radius 1 is 1.48 bits per heavy atom. The third kappa shape index (κ3) is 3.90. The molecule has 2 aromatic heterocycles. The molecular formula is C17H21N3O3. The minimum Gasteiger partial charge on any atom is -0.459 e. The van der Waals surface area contributed by atoms with Gasteiger partial charge in [-0.1, -0.05) is 11.2 Å². The van der Waals surface area contributed by atoms with E-state index < -0.39 is 0 Å². The van der Waals surface area contributed by atoms with Crippen molar-refractivity contribution in [2.24, 2.45) is 0 Å². The van der Waals surface area contributed by atoms with E-state index in [1.807, 2.05) is 13.0 Å². The van der Waals surface area contributed by atoms with E-state index in [1.54, 1.807) is 24.1 Å². The molecule has 0 fully saturated rings. The van der Waals surface area contributed by atoms with Gasteiger partial charge in [0.05, 0.1) is 12.0 Å². The molecule has 1 amide bonds. The fourth-order valence-electron chi connectivity index (χ4n) is 2.82. The zero-order chi connectivity index (χ0) is 16.2. The molecule has 0 saturated heterocycles. The minimum absolute atomic E-state index is 0.0971. The van der Waals surface area contributed by atoms with Crippen molar-refractivity contribution < 1.29 is 13.7 Å². The Morgan fingerprint density at radius 3 is 3.04 bits per heavy atom. The van der Waals surface area contributed by atoms with E-state index in [4.69, 9.17) is 8.94 Å². The number of carbonyl (C=O) groups is 1. The number of hydrogen-bond donors (Lipinski definition) is 0. The molecule has 3 rings (SSSR count). The van der Waals surface area contributed by atoms with Crippen LogP contribution in [0.1, 0.15) is 28.4 Å². The molecule has 0 aromatic carbocycles. The minimum atomic E-state index is -0.0971. The Bertz CT molecular complexity index is 688. The van der Waals surface area contributed by atoms with Crippen LogP contribution in [-0.4, -0.2) is 47.5 Å². The number of nitrogens with zero attached hydrogens (tertiary/aromatic N) is 3. The number of aryl methyl sites for hydroxylation is 1. The second-order valence-electron chi connectivity index (χ2n) is 5.93. The second kappa shape index (κ2) is 6.83. The summed E-state index contributed by atoms with van der Waals surface area (Å²) in [5, 5.41) is 4.04. The van der Waals surface area contributed by atoms with Gasteiger partial charge in [0.25, 0.3) is 5.91 Å². The zero-order valence-electron chi connectivity index (χ0n) is 13.5. The normalized spacial score (nSPS) is 15.5. The van der Waals surface area contributed by atoms with Crippen LogP contribution in [-0.2, 0) is 6.54 Å². The van der Waals surface area contributed by atoms with E-state index >= 15 is 0 Å². The van der Waals surface area contributed by atoms with Gasteiger partial charge in [-0.05, 0) is 31.1 Å². The van der Waals surface area contributed by atoms with Crippen molar-refractivity contribution >= 4 is 5.91 Å². The van der Waals surface area contributed by atoms with Crippen molar-refractivity contribution in [3.8, 4) is 0 Å². The first-order valence-electron chi connectivity index (χ1n) is 7.73. The maximum atomic E-state index is 12.2. The van der Waals surface area contributed by atoms with Crippen molar-refractivity contribution in [3.63, 3.8) is 0 Å². The molecule has 0 spiro atoms. The monoisotopic (exact) mass is 315 g/mol. The van der Waals surface area contributed by atoms with Crippen molar-refractivity contribution in [1.82, 2.24) is 15.0 Å². The smallest absolute Gasteiger partial charge is 0.289 e. The number of amides is 1. The molecule has 6 nitrogen and oxygen atoms in total. The Kier molecular flexibility index (Phi) is 4.62. The second-order valence-corrected chi connectivity index (χ2v) is 5.93. The molecule has 0 aliphatic carbocycles. The summed E-state index contributed by atoms with van der Waals surface area (Å²) in [5.74, 6) is 1.11. The molecule has 0 radical (unpaired) electrons. The van der Waals surface area contributed by atoms with Crippen molar-refractivity contribution in [2.45, 2.75) is 19.9 Å². The predicted octanol–water partition coefficient (Wildman–Crippen LogP) is 2.48. The number of furan rings is 1. The molecule has 6 heteroatoms. The molecule has 1 aliphatic heterocycles. The molecule has 1 aliphatic rings. The highest BCUT2D eigenvalue weighted by molar-refractivity contribution is 5.91. The Labute approximate surface area is 135 Å². The van der Waals surface area contributed by atoms with Crippen LogP contribution in [0.4, 0.5) is 0 Å². The average Bonchev–Trinajstić information content (AvgIpc) is 3.19. The van der Waals surface area contributed by atoms with Crippen LogP contribution in [0.5, 0.6) is 0 Å². The van der Waals surface area contributed by atoms with E-state index in [-0.39, 0.29) is 5.91 Å². The largest absolute Gasteiger partial charge is 0.459 e. The van der Waals surface area contributed by atoms with E-state index in [0.29, 0.717) is 12.3 Å². The molecule has 2 aromatic rings. The third-order valence-corrected chi connectivity index (χ3v) is 3.89. The first-order chi connectivity index (χ1) is 11.1. The van der Waals surface area contributed by atoms with Crippen LogP contribution in [0.3, 0.4) is 0 Å². The first kappa shape index (κ1) is 15.6. The van der Waals surface area contributed by atoms with E-state index in [1.165, 1.54) is 11.8 Å². The fourth-order valence-corrected chi connectivity index (χ4v) is 2.82. The van der Waals surface area contributed by atoms with Crippen molar-refractivity contribution in [2.75, 3.05) is 26.7 Å². The number of hydrogen-bond acceptors (Lipinski definition) is 5. The van der Waals surface area contributed by atoms with Gasteiger partial charge in [-0.25, -0.2) is 0 Å². The summed E-state index contributed by atoms with van der Waals surface area (Å²) < 4.78 is 10.3. The summed E-state index contributed by atoms with van der Waals surface area (Å²) in [7, 11) is 1.80. The lowest BCUT2D eigenvalue weighted by molar-refractivity contribution is 0.0772. The lowest BCUT2D eigenvalue weighted by atomic mass is 10.1. The number of likely N-dealkylation sites (N-methyl/N-ethyl adjacent to an activating group) is 1. The molecule has 0 saturated carbocycles. The van der Waals surface area contributed by atoms with E-state index in [2.05, 4.69) is 16.1 Å². The first-order valence-corrected chi connectivity index (χ1v) is 7.73. The molecule has 122 valence electrons. The van der Waals surface area contributed by atoms with E-state index in [0.717, 1.165) is 37.5 Å². The van der Waals surface area contributed by atoms with Crippen LogP contribution < -0.4 is 0 Å². The summed E-state index contributed by atoms with van der Waals surface area (Å²) in [6, 6.07) is 5.38. The maximum Gasteiger partial charge on any atom is 0.289 e. The summed E-state index contributed by atoms with van der Waals surface area (Å²) in [6.45, 7) is 5.10. The molecule has 3 heterocycles. The quantitative estimate of drug-likeness (QED) is 0.793. The molecule has 23 heavy (non-hydrogen) atoms. The molecular weight excluding hydrogens is 294 g/mol. The van der Waals surface area contributed by atoms with Gasteiger partial charge in [0.15, 0.2) is 5.76 Å². The molecule has 0 N–H and O–H groups in total. The molecule has 0 atom stereocenters. The van der Waals surface area contributed by atoms with Crippen molar-refractivity contribution in [3.05, 3.63) is 53.3 Å². The topological polar surface area (TPSA) is 62.7 Å². The highest BCUT2D eigenvalue weighted by Gasteiger charge is 2.19. The van der Waals surface area contributed by atoms with Gasteiger partial charge < -0.3 is 13.8 Å². The third-order valence-electron chi connectivity index (χ3n) is 3.89. The molecule has 0 bridgehead atoms. The number of carbonyl (C=O) groups excluding carboxylic acids is 1. The van der Waals surface area contributed by atoms with Gasteiger partial charge in [0.2, 0.25) is 0 Å². The van der Waals surface area contributed by atoms with Crippen LogP contribution >= 0.6 is 0 Å². The summed E-state index contributed by atoms with van der Waals surface area (Å²) >= 11 is 0. The Morgan fingerprint density at radius 2 is 2.35 bits per heavy atom. The highest BCUT2D eigenvalue weighted by Crippen LogP contribution is 2.15. The van der Waals surface area contributed by atoms with Crippen LogP contribution in [0.25, 0.3) is 0 Å². The summed E-state index contributed by atoms with van der Waals surface area (Å²) in [5.41, 5.74) is 2.18. The maximum absolute atomic E-state index is 12.2. The van der Waals surface area contributed by atoms with Gasteiger partial charge in [0, 0.05) is 39.3 Å². The predicted molar refractivity (Wildman–Crippen MR) is 84.9 cm³/mol. The van der Waals surface area contributed by atoms with Crippen molar-refractivity contribution in [1.29, 1.82) is 0 Å². The number of rotatable bonds is 5. The van der Waals surface area contributed by atoms with Gasteiger partial charge in [-0.3, -0.25) is 9.69 Å². The lowest BCUT2D eigenvalue weighted by Gasteiger charge is -2.28. The summed E-state index contributed by atoms with van der Waals surface area (Å²) in [4.78, 5) is 16.2. The summed E-state index contributed by atoms with van der Waals surface area (Å²) in [6.07, 6.45) is 4.72. The van der Waals surface area contributed by atoms with Gasteiger partial charge in [0.1, 0.15) is 5.76 Å². The fraction of sp³-hybridized carbons (Fsp3) is 0.412. The van der Waals surface area contributed by atoms with Gasteiger partial charge >= 0.3 is 0 Å². The highest BCUT2D eigenvalue weighted by atomic mass is 16.5. The SMILES string of the molecule is Cc1cc(CN2CCC=C(CN(C)C(=O)c3ccco3)C2)no1. The van der Waals surface area contributed by atoms with Gasteiger partial charge in [-0.2, -0.15) is 0 Å². The molecule has 0 unspecified atom stereocenters. The van der Waals surface area contributed by atoms with Crippen LogP contribution in [0.15, 0.2) is 45.1 Å². The van der Waals surface area contributed by atoms with Crippen LogP contribution in [0, 0.1) is 6.92 Å². The van der Waals surface area contributed by atoms with Gasteiger partial charge in [-0.15, -0.1) is 0 Å². The zero-order valence-corrected chi connectivity index (χ0v) is 13.5.